The lowest BCUT2D eigenvalue weighted by Crippen LogP contribution is -2.28. The fourth-order valence-electron chi connectivity index (χ4n) is 9.89. The Morgan fingerprint density at radius 1 is 0.333 bits per heavy atom. The Labute approximate surface area is 331 Å². The van der Waals surface area contributed by atoms with Gasteiger partial charge in [-0.1, -0.05) is 164 Å². The summed E-state index contributed by atoms with van der Waals surface area (Å²) >= 11 is 0. The van der Waals surface area contributed by atoms with Crippen LogP contribution in [0.25, 0.3) is 66.4 Å². The standard InChI is InChI=1S/C55H35NO/c1-3-14-36(15-4-1)38-26-29-40(30-27-38)56(41-31-33-53-47(35-41)45-20-9-12-25-52(45)57-53)51-24-13-21-46-43-19-8-11-23-49(43)55(54(46)51)48-22-10-7-18-42(48)44-32-28-39(34-50(44)55)37-16-5-2-6-17-37/h1-35H. The van der Waals surface area contributed by atoms with Gasteiger partial charge in [0.25, 0.3) is 0 Å². The van der Waals surface area contributed by atoms with Gasteiger partial charge in [-0.05, 0) is 110 Å². The predicted molar refractivity (Wildman–Crippen MR) is 236 cm³/mol. The third-order valence-corrected chi connectivity index (χ3v) is 12.3. The second kappa shape index (κ2) is 12.3. The Hall–Kier alpha value is -7.42. The fraction of sp³-hybridized carbons (Fsp3) is 0.0182. The molecular weight excluding hydrogens is 691 g/mol. The van der Waals surface area contributed by atoms with Gasteiger partial charge < -0.3 is 9.32 Å². The molecule has 2 aliphatic rings. The summed E-state index contributed by atoms with van der Waals surface area (Å²) in [6.45, 7) is 0. The number of para-hydroxylation sites is 1. The monoisotopic (exact) mass is 725 g/mol. The van der Waals surface area contributed by atoms with Crippen molar-refractivity contribution >= 4 is 39.0 Å². The van der Waals surface area contributed by atoms with E-state index in [1.807, 2.05) is 6.07 Å². The third-order valence-electron chi connectivity index (χ3n) is 12.3. The summed E-state index contributed by atoms with van der Waals surface area (Å²) in [7, 11) is 0. The molecule has 2 heteroatoms. The van der Waals surface area contributed by atoms with Gasteiger partial charge in [0.05, 0.1) is 11.1 Å². The van der Waals surface area contributed by atoms with Crippen molar-refractivity contribution < 1.29 is 4.42 Å². The van der Waals surface area contributed by atoms with Crippen LogP contribution in [-0.4, -0.2) is 0 Å². The first-order chi connectivity index (χ1) is 28.3. The molecule has 0 N–H and O–H groups in total. The van der Waals surface area contributed by atoms with Crippen molar-refractivity contribution in [3.8, 4) is 44.5 Å². The average Bonchev–Trinajstić information content (AvgIpc) is 3.91. The van der Waals surface area contributed by atoms with Gasteiger partial charge in [0.1, 0.15) is 11.2 Å². The highest BCUT2D eigenvalue weighted by Gasteiger charge is 2.53. The zero-order chi connectivity index (χ0) is 37.5. The Bertz CT molecular complexity index is 3160. The number of fused-ring (bicyclic) bond motifs is 13. The normalized spacial score (nSPS) is 14.7. The van der Waals surface area contributed by atoms with E-state index in [9.17, 15) is 0 Å². The predicted octanol–water partition coefficient (Wildman–Crippen LogP) is 14.7. The molecule has 0 fully saturated rings. The number of rotatable bonds is 5. The summed E-state index contributed by atoms with van der Waals surface area (Å²) in [5, 5.41) is 2.21. The molecule has 1 spiro atoms. The minimum Gasteiger partial charge on any atom is -0.456 e. The molecule has 1 atom stereocenters. The van der Waals surface area contributed by atoms with Gasteiger partial charge in [0, 0.05) is 27.7 Å². The van der Waals surface area contributed by atoms with Crippen LogP contribution in [0.4, 0.5) is 17.1 Å². The molecule has 1 unspecified atom stereocenters. The molecule has 1 aromatic heterocycles. The average molecular weight is 726 g/mol. The van der Waals surface area contributed by atoms with Crippen molar-refractivity contribution in [1.82, 2.24) is 0 Å². The molecule has 10 aromatic rings. The van der Waals surface area contributed by atoms with Crippen molar-refractivity contribution in [2.24, 2.45) is 0 Å². The number of benzene rings is 9. The van der Waals surface area contributed by atoms with Crippen LogP contribution in [0.15, 0.2) is 217 Å². The molecule has 57 heavy (non-hydrogen) atoms. The summed E-state index contributed by atoms with van der Waals surface area (Å²) < 4.78 is 6.36. The summed E-state index contributed by atoms with van der Waals surface area (Å²) in [5.41, 5.74) is 19.7. The van der Waals surface area contributed by atoms with Crippen LogP contribution in [0.1, 0.15) is 22.3 Å². The summed E-state index contributed by atoms with van der Waals surface area (Å²) in [6, 6.07) is 77.7. The van der Waals surface area contributed by atoms with Crippen LogP contribution in [0.5, 0.6) is 0 Å². The topological polar surface area (TPSA) is 16.4 Å². The van der Waals surface area contributed by atoms with Crippen molar-refractivity contribution in [2.45, 2.75) is 5.41 Å². The molecule has 266 valence electrons. The first-order valence-corrected chi connectivity index (χ1v) is 19.7. The second-order valence-corrected chi connectivity index (χ2v) is 15.2. The molecule has 0 aliphatic heterocycles. The van der Waals surface area contributed by atoms with Crippen LogP contribution in [0.2, 0.25) is 0 Å². The van der Waals surface area contributed by atoms with Crippen LogP contribution in [0.3, 0.4) is 0 Å². The molecule has 2 nitrogen and oxygen atoms in total. The highest BCUT2D eigenvalue weighted by atomic mass is 16.3. The molecule has 0 saturated carbocycles. The van der Waals surface area contributed by atoms with E-state index in [0.717, 1.165) is 39.0 Å². The van der Waals surface area contributed by atoms with Gasteiger partial charge >= 0.3 is 0 Å². The Kier molecular flexibility index (Phi) is 6.88. The molecule has 0 radical (unpaired) electrons. The van der Waals surface area contributed by atoms with Gasteiger partial charge in [0.2, 0.25) is 0 Å². The van der Waals surface area contributed by atoms with E-state index in [-0.39, 0.29) is 0 Å². The molecule has 0 saturated heterocycles. The SMILES string of the molecule is c1ccc(-c2ccc(N(c3ccc4oc5ccccc5c4c3)c3cccc4c3C3(c5ccccc5-c5ccc(-c6ccccc6)cc53)c3ccccc3-4)cc2)cc1. The second-order valence-electron chi connectivity index (χ2n) is 15.2. The van der Waals surface area contributed by atoms with Gasteiger partial charge in [-0.3, -0.25) is 0 Å². The summed E-state index contributed by atoms with van der Waals surface area (Å²) in [6.07, 6.45) is 0. The van der Waals surface area contributed by atoms with Crippen LogP contribution >= 0.6 is 0 Å². The van der Waals surface area contributed by atoms with Crippen LogP contribution < -0.4 is 4.90 Å². The van der Waals surface area contributed by atoms with E-state index >= 15 is 0 Å². The lowest BCUT2D eigenvalue weighted by atomic mass is 9.69. The van der Waals surface area contributed by atoms with Crippen LogP contribution in [-0.2, 0) is 5.41 Å². The number of anilines is 3. The number of furan rings is 1. The number of hydrogen-bond acceptors (Lipinski definition) is 2. The van der Waals surface area contributed by atoms with Gasteiger partial charge in [-0.15, -0.1) is 0 Å². The van der Waals surface area contributed by atoms with E-state index in [1.165, 1.54) is 66.8 Å². The number of nitrogens with zero attached hydrogens (tertiary/aromatic N) is 1. The summed E-state index contributed by atoms with van der Waals surface area (Å²) in [5.74, 6) is 0. The number of hydrogen-bond donors (Lipinski definition) is 0. The van der Waals surface area contributed by atoms with Gasteiger partial charge in [0.15, 0.2) is 0 Å². The molecule has 0 bridgehead atoms. The Morgan fingerprint density at radius 2 is 0.877 bits per heavy atom. The van der Waals surface area contributed by atoms with Crippen molar-refractivity contribution in [3.05, 3.63) is 235 Å². The molecular formula is C55H35NO. The van der Waals surface area contributed by atoms with E-state index in [2.05, 4.69) is 211 Å². The zero-order valence-electron chi connectivity index (χ0n) is 31.1. The van der Waals surface area contributed by atoms with Crippen molar-refractivity contribution in [2.75, 3.05) is 4.90 Å². The lowest BCUT2D eigenvalue weighted by molar-refractivity contribution is 0.669. The molecule has 2 aliphatic carbocycles. The molecule has 0 amide bonds. The zero-order valence-corrected chi connectivity index (χ0v) is 31.1. The maximum absolute atomic E-state index is 6.36. The van der Waals surface area contributed by atoms with Gasteiger partial charge in [-0.2, -0.15) is 0 Å². The van der Waals surface area contributed by atoms with E-state index in [0.29, 0.717) is 0 Å². The lowest BCUT2D eigenvalue weighted by Gasteiger charge is -2.36. The highest BCUT2D eigenvalue weighted by molar-refractivity contribution is 6.07. The first-order valence-electron chi connectivity index (χ1n) is 19.7. The van der Waals surface area contributed by atoms with E-state index < -0.39 is 5.41 Å². The van der Waals surface area contributed by atoms with Gasteiger partial charge in [-0.25, -0.2) is 0 Å². The summed E-state index contributed by atoms with van der Waals surface area (Å²) in [4.78, 5) is 2.48. The van der Waals surface area contributed by atoms with Crippen molar-refractivity contribution in [1.29, 1.82) is 0 Å². The molecule has 1 heterocycles. The Balaban J connectivity index is 1.17. The highest BCUT2D eigenvalue weighted by Crippen LogP contribution is 2.65. The smallest absolute Gasteiger partial charge is 0.135 e. The third kappa shape index (κ3) is 4.59. The van der Waals surface area contributed by atoms with E-state index in [1.54, 1.807) is 0 Å². The molecule has 12 rings (SSSR count). The maximum Gasteiger partial charge on any atom is 0.135 e. The largest absolute Gasteiger partial charge is 0.456 e. The molecule has 9 aromatic carbocycles. The van der Waals surface area contributed by atoms with Crippen molar-refractivity contribution in [3.63, 3.8) is 0 Å². The quantitative estimate of drug-likeness (QED) is 0.176. The van der Waals surface area contributed by atoms with E-state index in [4.69, 9.17) is 4.42 Å². The first kappa shape index (κ1) is 31.9. The Morgan fingerprint density at radius 3 is 1.63 bits per heavy atom. The fourth-order valence-corrected chi connectivity index (χ4v) is 9.89. The minimum atomic E-state index is -0.562. The van der Waals surface area contributed by atoms with Crippen LogP contribution in [0, 0.1) is 0 Å². The minimum absolute atomic E-state index is 0.562. The maximum atomic E-state index is 6.36.